The summed E-state index contributed by atoms with van der Waals surface area (Å²) >= 11 is 0. The Morgan fingerprint density at radius 3 is 2.79 bits per heavy atom. The number of hydrogen-bond donors (Lipinski definition) is 0. The van der Waals surface area contributed by atoms with Crippen molar-refractivity contribution in [1.29, 1.82) is 0 Å². The molecule has 1 aromatic rings. The van der Waals surface area contributed by atoms with Gasteiger partial charge in [-0.3, -0.25) is 10.1 Å². The van der Waals surface area contributed by atoms with Crippen LogP contribution in [0, 0.1) is 10.1 Å². The molecule has 19 heavy (non-hydrogen) atoms. The van der Waals surface area contributed by atoms with Gasteiger partial charge in [0.15, 0.2) is 0 Å². The highest BCUT2D eigenvalue weighted by Gasteiger charge is 2.38. The first-order chi connectivity index (χ1) is 8.88. The van der Waals surface area contributed by atoms with Crippen LogP contribution in [0.15, 0.2) is 12.3 Å². The molecule has 1 fully saturated rings. The Bertz CT molecular complexity index is 486. The van der Waals surface area contributed by atoms with Gasteiger partial charge in [-0.1, -0.05) is 0 Å². The van der Waals surface area contributed by atoms with Crippen LogP contribution < -0.4 is 4.74 Å². The molecule has 1 aliphatic heterocycles. The maximum absolute atomic E-state index is 12.8. The van der Waals surface area contributed by atoms with Crippen molar-refractivity contribution in [2.24, 2.45) is 0 Å². The Morgan fingerprint density at radius 1 is 1.53 bits per heavy atom. The molecule has 0 amide bonds. The van der Waals surface area contributed by atoms with E-state index >= 15 is 0 Å². The van der Waals surface area contributed by atoms with Crippen LogP contribution in [0.1, 0.15) is 12.0 Å². The molecule has 1 saturated heterocycles. The quantitative estimate of drug-likeness (QED) is 0.625. The van der Waals surface area contributed by atoms with Crippen molar-refractivity contribution in [2.45, 2.75) is 18.7 Å². The van der Waals surface area contributed by atoms with E-state index in [1.165, 1.54) is 0 Å². The molecule has 0 aromatic carbocycles. The van der Waals surface area contributed by atoms with E-state index in [4.69, 9.17) is 9.47 Å². The fourth-order valence-corrected chi connectivity index (χ4v) is 1.60. The highest BCUT2D eigenvalue weighted by molar-refractivity contribution is 5.39. The molecular weight excluding hydrogens is 269 g/mol. The molecule has 0 N–H and O–H groups in total. The monoisotopic (exact) mass is 278 g/mol. The largest absolute Gasteiger partial charge is 0.471 e. The smallest absolute Gasteiger partial charge is 0.421 e. The second-order valence-corrected chi connectivity index (χ2v) is 3.90. The van der Waals surface area contributed by atoms with Crippen molar-refractivity contribution >= 4 is 5.69 Å². The van der Waals surface area contributed by atoms with E-state index in [1.54, 1.807) is 0 Å². The minimum Gasteiger partial charge on any atom is -0.471 e. The fraction of sp³-hybridized carbons (Fsp3) is 0.500. The van der Waals surface area contributed by atoms with Crippen LogP contribution >= 0.6 is 0 Å². The summed E-state index contributed by atoms with van der Waals surface area (Å²) < 4.78 is 48.4. The summed E-state index contributed by atoms with van der Waals surface area (Å²) in [6.07, 6.45) is -4.10. The summed E-state index contributed by atoms with van der Waals surface area (Å²) in [5.74, 6) is -0.659. The number of pyridine rings is 1. The predicted octanol–water partition coefficient (Wildman–Crippen LogP) is 2.18. The summed E-state index contributed by atoms with van der Waals surface area (Å²) in [7, 11) is 0. The van der Waals surface area contributed by atoms with Crippen LogP contribution in [0.2, 0.25) is 0 Å². The zero-order valence-corrected chi connectivity index (χ0v) is 9.51. The molecule has 1 atom stereocenters. The number of nitro groups is 1. The molecule has 0 radical (unpaired) electrons. The fourth-order valence-electron chi connectivity index (χ4n) is 1.60. The lowest BCUT2D eigenvalue weighted by molar-refractivity contribution is -0.385. The third kappa shape index (κ3) is 3.11. The van der Waals surface area contributed by atoms with Gasteiger partial charge in [-0.15, -0.1) is 0 Å². The van der Waals surface area contributed by atoms with E-state index in [2.05, 4.69) is 4.98 Å². The number of halogens is 3. The second kappa shape index (κ2) is 5.00. The molecule has 9 heteroatoms. The van der Waals surface area contributed by atoms with E-state index < -0.39 is 34.3 Å². The average Bonchev–Trinajstić information content (AvgIpc) is 2.80. The first-order valence-electron chi connectivity index (χ1n) is 5.34. The maximum Gasteiger partial charge on any atom is 0.421 e. The lowest BCUT2D eigenvalue weighted by Crippen LogP contribution is -2.19. The standard InChI is InChI=1S/C10H9F3N2O4/c11-10(12,13)8-3-6(15(16)17)4-14-9(8)19-7-1-2-18-5-7/h3-4,7H,1-2,5H2. The van der Waals surface area contributed by atoms with Gasteiger partial charge in [0.05, 0.1) is 18.1 Å². The summed E-state index contributed by atoms with van der Waals surface area (Å²) in [5.41, 5.74) is -1.99. The summed E-state index contributed by atoms with van der Waals surface area (Å²) in [4.78, 5) is 12.9. The minimum absolute atomic E-state index is 0.177. The zero-order valence-electron chi connectivity index (χ0n) is 9.51. The number of ether oxygens (including phenoxy) is 2. The van der Waals surface area contributed by atoms with Crippen LogP contribution in [-0.2, 0) is 10.9 Å². The Balaban J connectivity index is 2.33. The Morgan fingerprint density at radius 2 is 2.26 bits per heavy atom. The number of nitrogens with zero attached hydrogens (tertiary/aromatic N) is 2. The summed E-state index contributed by atoms with van der Waals surface area (Å²) in [5, 5.41) is 10.5. The third-order valence-electron chi connectivity index (χ3n) is 2.52. The second-order valence-electron chi connectivity index (χ2n) is 3.90. The van der Waals surface area contributed by atoms with Crippen molar-refractivity contribution in [3.63, 3.8) is 0 Å². The van der Waals surface area contributed by atoms with E-state index in [0.717, 1.165) is 6.20 Å². The average molecular weight is 278 g/mol. The van der Waals surface area contributed by atoms with E-state index in [1.807, 2.05) is 0 Å². The highest BCUT2D eigenvalue weighted by atomic mass is 19.4. The normalized spacial score (nSPS) is 19.4. The van der Waals surface area contributed by atoms with Crippen molar-refractivity contribution in [3.05, 3.63) is 27.9 Å². The Kier molecular flexibility index (Phi) is 3.56. The number of alkyl halides is 3. The lowest BCUT2D eigenvalue weighted by Gasteiger charge is -2.15. The Hall–Kier alpha value is -1.90. The van der Waals surface area contributed by atoms with Crippen LogP contribution in [0.25, 0.3) is 0 Å². The summed E-state index contributed by atoms with van der Waals surface area (Å²) in [6, 6.07) is 0.415. The first-order valence-corrected chi connectivity index (χ1v) is 5.34. The predicted molar refractivity (Wildman–Crippen MR) is 55.7 cm³/mol. The number of hydrogen-bond acceptors (Lipinski definition) is 5. The molecule has 104 valence electrons. The van der Waals surface area contributed by atoms with Crippen LogP contribution in [-0.4, -0.2) is 29.2 Å². The van der Waals surface area contributed by atoms with Gasteiger partial charge in [-0.05, 0) is 0 Å². The molecule has 2 rings (SSSR count). The van der Waals surface area contributed by atoms with Gasteiger partial charge >= 0.3 is 6.18 Å². The molecule has 0 saturated carbocycles. The highest BCUT2D eigenvalue weighted by Crippen LogP contribution is 2.37. The zero-order chi connectivity index (χ0) is 14.0. The van der Waals surface area contributed by atoms with E-state index in [-0.39, 0.29) is 6.61 Å². The van der Waals surface area contributed by atoms with Crippen LogP contribution in [0.4, 0.5) is 18.9 Å². The third-order valence-corrected chi connectivity index (χ3v) is 2.52. The first kappa shape index (κ1) is 13.5. The SMILES string of the molecule is O=[N+]([O-])c1cnc(OC2CCOC2)c(C(F)(F)F)c1. The lowest BCUT2D eigenvalue weighted by atomic mass is 10.2. The number of rotatable bonds is 3. The van der Waals surface area contributed by atoms with Crippen LogP contribution in [0.5, 0.6) is 5.88 Å². The van der Waals surface area contributed by atoms with Gasteiger partial charge in [0.1, 0.15) is 17.9 Å². The molecule has 6 nitrogen and oxygen atoms in total. The minimum atomic E-state index is -4.77. The molecule has 2 heterocycles. The van der Waals surface area contributed by atoms with Crippen molar-refractivity contribution in [3.8, 4) is 5.88 Å². The van der Waals surface area contributed by atoms with Crippen molar-refractivity contribution < 1.29 is 27.6 Å². The molecule has 0 bridgehead atoms. The summed E-state index contributed by atoms with van der Waals surface area (Å²) in [6.45, 7) is 0.578. The van der Waals surface area contributed by atoms with Gasteiger partial charge in [0.25, 0.3) is 5.69 Å². The molecule has 0 aliphatic carbocycles. The van der Waals surface area contributed by atoms with Gasteiger partial charge in [-0.2, -0.15) is 13.2 Å². The van der Waals surface area contributed by atoms with E-state index in [0.29, 0.717) is 19.1 Å². The molecule has 0 spiro atoms. The van der Waals surface area contributed by atoms with Crippen molar-refractivity contribution in [1.82, 2.24) is 4.98 Å². The van der Waals surface area contributed by atoms with Gasteiger partial charge in [-0.25, -0.2) is 4.98 Å². The Labute approximate surface area is 105 Å². The molecule has 1 aromatic heterocycles. The molecule has 1 unspecified atom stereocenters. The topological polar surface area (TPSA) is 74.5 Å². The molecule has 1 aliphatic rings. The van der Waals surface area contributed by atoms with Gasteiger partial charge in [0.2, 0.25) is 5.88 Å². The van der Waals surface area contributed by atoms with Crippen molar-refractivity contribution in [2.75, 3.05) is 13.2 Å². The van der Waals surface area contributed by atoms with E-state index in [9.17, 15) is 23.3 Å². The molecular formula is C10H9F3N2O4. The van der Waals surface area contributed by atoms with Gasteiger partial charge in [0, 0.05) is 12.5 Å². The van der Waals surface area contributed by atoms with Crippen LogP contribution in [0.3, 0.4) is 0 Å². The van der Waals surface area contributed by atoms with Gasteiger partial charge < -0.3 is 9.47 Å². The number of aromatic nitrogens is 1. The maximum atomic E-state index is 12.8.